The van der Waals surface area contributed by atoms with Crippen LogP contribution >= 0.6 is 11.8 Å². The molecule has 2 N–H and O–H groups in total. The summed E-state index contributed by atoms with van der Waals surface area (Å²) >= 11 is 1.75. The molecule has 2 heterocycles. The van der Waals surface area contributed by atoms with Crippen molar-refractivity contribution in [1.29, 1.82) is 0 Å². The van der Waals surface area contributed by atoms with Gasteiger partial charge in [0.25, 0.3) is 5.91 Å². The van der Waals surface area contributed by atoms with Crippen molar-refractivity contribution in [2.24, 2.45) is 0 Å². The predicted molar refractivity (Wildman–Crippen MR) is 210 cm³/mol. The Labute approximate surface area is 314 Å². The number of thioether (sulfide) groups is 1. The van der Waals surface area contributed by atoms with Gasteiger partial charge in [0.05, 0.1) is 49.6 Å². The number of carbonyl (C=O) groups excluding carboxylic acids is 1. The maximum atomic E-state index is 13.7. The van der Waals surface area contributed by atoms with Crippen LogP contribution in [0.4, 0.5) is 5.69 Å². The molecule has 1 aromatic heterocycles. The van der Waals surface area contributed by atoms with Crippen LogP contribution in [0.5, 0.6) is 11.5 Å². The number of aliphatic hydroxyl groups excluding tert-OH is 1. The molecule has 268 valence electrons. The molecule has 5 aromatic carbocycles. The lowest BCUT2D eigenvalue weighted by atomic mass is 9.80. The van der Waals surface area contributed by atoms with Crippen LogP contribution in [0.15, 0.2) is 150 Å². The molecule has 0 unspecified atom stereocenters. The van der Waals surface area contributed by atoms with Crippen molar-refractivity contribution in [2.75, 3.05) is 39.4 Å². The van der Waals surface area contributed by atoms with Gasteiger partial charge in [0, 0.05) is 24.1 Å². The Morgan fingerprint density at radius 2 is 1.42 bits per heavy atom. The molecule has 0 bridgehead atoms. The van der Waals surface area contributed by atoms with E-state index in [0.717, 1.165) is 49.7 Å². The Morgan fingerprint density at radius 1 is 0.811 bits per heavy atom. The zero-order valence-electron chi connectivity index (χ0n) is 29.9. The second kappa shape index (κ2) is 16.0. The van der Waals surface area contributed by atoms with Gasteiger partial charge < -0.3 is 29.5 Å². The number of para-hydroxylation sites is 2. The second-order valence-corrected chi connectivity index (χ2v) is 13.9. The van der Waals surface area contributed by atoms with Gasteiger partial charge in [-0.25, -0.2) is 0 Å². The summed E-state index contributed by atoms with van der Waals surface area (Å²) in [5, 5.41) is 15.8. The molecular formula is C44H42N3O5S+. The summed E-state index contributed by atoms with van der Waals surface area (Å²) in [6, 6.07) is 43.3. The number of aromatic nitrogens is 1. The topological polar surface area (TPSA) is 84.1 Å². The maximum absolute atomic E-state index is 13.7. The summed E-state index contributed by atoms with van der Waals surface area (Å²) in [5.74, 6) is 1.20. The molecule has 8 nitrogen and oxygen atoms in total. The SMILES string of the molecule is COc1ccc(C(OC[C@@H](CO)NC(=O)C[n+]2ccc(C=C3Sc4ccccc4N3C)c3ccccc32)(c2ccccc2)c2ccc(OC)cc2)cc1. The molecule has 0 aliphatic carbocycles. The van der Waals surface area contributed by atoms with Crippen LogP contribution in [0.2, 0.25) is 0 Å². The fraction of sp³-hybridized carbons (Fsp3) is 0.182. The van der Waals surface area contributed by atoms with Crippen molar-refractivity contribution in [3.63, 3.8) is 0 Å². The van der Waals surface area contributed by atoms with Crippen LogP contribution in [0, 0.1) is 0 Å². The van der Waals surface area contributed by atoms with Crippen molar-refractivity contribution in [3.8, 4) is 11.5 Å². The van der Waals surface area contributed by atoms with E-state index in [1.54, 1.807) is 26.0 Å². The number of aliphatic hydroxyl groups is 1. The number of amides is 1. The molecule has 9 heteroatoms. The van der Waals surface area contributed by atoms with Gasteiger partial charge in [-0.3, -0.25) is 4.79 Å². The fourth-order valence-corrected chi connectivity index (χ4v) is 7.92. The highest BCUT2D eigenvalue weighted by Crippen LogP contribution is 2.46. The summed E-state index contributed by atoms with van der Waals surface area (Å²) in [6.45, 7) is -0.219. The van der Waals surface area contributed by atoms with Crippen molar-refractivity contribution in [1.82, 2.24) is 5.32 Å². The third-order valence-electron chi connectivity index (χ3n) is 9.58. The van der Waals surface area contributed by atoms with Crippen LogP contribution in [0.1, 0.15) is 22.3 Å². The first-order chi connectivity index (χ1) is 25.9. The average molecular weight is 725 g/mol. The molecule has 7 rings (SSSR count). The molecule has 0 radical (unpaired) electrons. The normalized spacial score (nSPS) is 13.9. The number of rotatable bonds is 13. The Hall–Kier alpha value is -5.61. The minimum absolute atomic E-state index is 0.0285. The summed E-state index contributed by atoms with van der Waals surface area (Å²) in [4.78, 5) is 17.1. The number of benzene rings is 5. The van der Waals surface area contributed by atoms with Crippen LogP contribution in [-0.4, -0.2) is 51.5 Å². The van der Waals surface area contributed by atoms with Gasteiger partial charge >= 0.3 is 0 Å². The van der Waals surface area contributed by atoms with E-state index in [-0.39, 0.29) is 25.7 Å². The Balaban J connectivity index is 1.14. The highest BCUT2D eigenvalue weighted by molar-refractivity contribution is 8.03. The number of nitrogens with zero attached hydrogens (tertiary/aromatic N) is 2. The first-order valence-corrected chi connectivity index (χ1v) is 18.3. The number of methoxy groups -OCH3 is 2. The zero-order valence-corrected chi connectivity index (χ0v) is 30.8. The second-order valence-electron chi connectivity index (χ2n) is 12.8. The monoisotopic (exact) mass is 724 g/mol. The summed E-state index contributed by atoms with van der Waals surface area (Å²) in [5.41, 5.74) is 4.71. The van der Waals surface area contributed by atoms with Crippen molar-refractivity contribution < 1.29 is 28.7 Å². The van der Waals surface area contributed by atoms with E-state index in [4.69, 9.17) is 14.2 Å². The molecule has 0 fully saturated rings. The molecule has 53 heavy (non-hydrogen) atoms. The Kier molecular flexibility index (Phi) is 10.8. The number of hydrogen-bond acceptors (Lipinski definition) is 7. The molecule has 0 saturated carbocycles. The molecule has 1 amide bonds. The fourth-order valence-electron chi connectivity index (χ4n) is 6.82. The summed E-state index contributed by atoms with van der Waals surface area (Å²) in [6.07, 6.45) is 4.14. The Bertz CT molecular complexity index is 2180. The number of carbonyl (C=O) groups is 1. The van der Waals surface area contributed by atoms with E-state index in [0.29, 0.717) is 0 Å². The van der Waals surface area contributed by atoms with Gasteiger partial charge in [0.2, 0.25) is 12.1 Å². The molecule has 6 aromatic rings. The average Bonchev–Trinajstić information content (AvgIpc) is 3.53. The number of nitrogens with one attached hydrogen (secondary N) is 1. The van der Waals surface area contributed by atoms with Crippen LogP contribution in [-0.2, 0) is 21.7 Å². The van der Waals surface area contributed by atoms with Crippen LogP contribution in [0.3, 0.4) is 0 Å². The summed E-state index contributed by atoms with van der Waals surface area (Å²) < 4.78 is 19.8. The molecule has 0 spiro atoms. The van der Waals surface area contributed by atoms with E-state index >= 15 is 0 Å². The Morgan fingerprint density at radius 3 is 2.06 bits per heavy atom. The lowest BCUT2D eigenvalue weighted by Crippen LogP contribution is -2.49. The first kappa shape index (κ1) is 35.8. The predicted octanol–water partition coefficient (Wildman–Crippen LogP) is 7.17. The molecule has 1 aliphatic heterocycles. The quantitative estimate of drug-likeness (QED) is 0.0966. The van der Waals surface area contributed by atoms with Crippen LogP contribution < -0.4 is 24.3 Å². The lowest BCUT2D eigenvalue weighted by Gasteiger charge is -2.37. The first-order valence-electron chi connectivity index (χ1n) is 17.5. The summed E-state index contributed by atoms with van der Waals surface area (Å²) in [7, 11) is 5.35. The maximum Gasteiger partial charge on any atom is 0.286 e. The van der Waals surface area contributed by atoms with E-state index < -0.39 is 11.6 Å². The van der Waals surface area contributed by atoms with Gasteiger partial charge in [-0.15, -0.1) is 0 Å². The minimum atomic E-state index is -1.08. The van der Waals surface area contributed by atoms with Gasteiger partial charge in [-0.1, -0.05) is 90.6 Å². The van der Waals surface area contributed by atoms with Crippen molar-refractivity contribution in [3.05, 3.63) is 167 Å². The number of fused-ring (bicyclic) bond motifs is 2. The van der Waals surface area contributed by atoms with E-state index in [2.05, 4.69) is 53.7 Å². The number of pyridine rings is 1. The number of hydrogen-bond donors (Lipinski definition) is 2. The third-order valence-corrected chi connectivity index (χ3v) is 10.7. The van der Waals surface area contributed by atoms with Crippen molar-refractivity contribution in [2.45, 2.75) is 23.1 Å². The highest BCUT2D eigenvalue weighted by atomic mass is 32.2. The van der Waals surface area contributed by atoms with Gasteiger partial charge in [-0.05, 0) is 70.8 Å². The molecule has 1 atom stereocenters. The van der Waals surface area contributed by atoms with E-state index in [1.165, 1.54) is 10.6 Å². The van der Waals surface area contributed by atoms with Crippen molar-refractivity contribution >= 4 is 40.3 Å². The number of anilines is 1. The highest BCUT2D eigenvalue weighted by Gasteiger charge is 2.39. The number of ether oxygens (including phenoxy) is 3. The largest absolute Gasteiger partial charge is 0.497 e. The van der Waals surface area contributed by atoms with Gasteiger partial charge in [-0.2, -0.15) is 4.57 Å². The van der Waals surface area contributed by atoms with Crippen LogP contribution in [0.25, 0.3) is 17.0 Å². The molecule has 1 aliphatic rings. The zero-order chi connectivity index (χ0) is 36.8. The smallest absolute Gasteiger partial charge is 0.286 e. The molecular weight excluding hydrogens is 683 g/mol. The standard InChI is InChI=1S/C44H41N3O5S/c1-46-40-15-9-10-16-41(40)53-43(46)27-31-25-26-47(39-14-8-7-13-38(31)39)28-42(49)45-35(29-48)30-52-44(32-11-5-4-6-12-32,33-17-21-36(50-2)22-18-33)34-19-23-37(51-3)24-20-34/h4-27,35,48H,28-30H2,1-3H3/p+1/t35-/m1/s1. The van der Waals surface area contributed by atoms with Gasteiger partial charge in [0.1, 0.15) is 17.1 Å². The third kappa shape index (κ3) is 7.37. The van der Waals surface area contributed by atoms with E-state index in [9.17, 15) is 9.90 Å². The minimum Gasteiger partial charge on any atom is -0.497 e. The lowest BCUT2D eigenvalue weighted by molar-refractivity contribution is -0.658. The van der Waals surface area contributed by atoms with Gasteiger partial charge in [0.15, 0.2) is 6.20 Å². The molecule has 0 saturated heterocycles. The van der Waals surface area contributed by atoms with E-state index in [1.807, 2.05) is 114 Å².